The SMILES string of the molecule is CC(C)CC(=O)OCNC(=O)c1cccc([N+](=O)[O-])c1[N+](=O)[O-]. The van der Waals surface area contributed by atoms with E-state index < -0.39 is 45.4 Å². The molecule has 0 aromatic heterocycles. The molecule has 0 radical (unpaired) electrons. The van der Waals surface area contributed by atoms with E-state index in [0.717, 1.165) is 18.2 Å². The van der Waals surface area contributed by atoms with Crippen molar-refractivity contribution >= 4 is 23.3 Å². The van der Waals surface area contributed by atoms with E-state index in [1.165, 1.54) is 0 Å². The summed E-state index contributed by atoms with van der Waals surface area (Å²) >= 11 is 0. The molecule has 1 rings (SSSR count). The Hall–Kier alpha value is -3.04. The smallest absolute Gasteiger partial charge is 0.358 e. The second-order valence-corrected chi connectivity index (χ2v) is 4.95. The Morgan fingerprint density at radius 1 is 1.22 bits per heavy atom. The van der Waals surface area contributed by atoms with Crippen LogP contribution < -0.4 is 5.32 Å². The van der Waals surface area contributed by atoms with Gasteiger partial charge in [0.15, 0.2) is 6.73 Å². The fourth-order valence-corrected chi connectivity index (χ4v) is 1.72. The largest absolute Gasteiger partial charge is 0.444 e. The van der Waals surface area contributed by atoms with Gasteiger partial charge >= 0.3 is 17.3 Å². The molecule has 1 N–H and O–H groups in total. The molecular formula is C13H15N3O7. The maximum absolute atomic E-state index is 11.9. The van der Waals surface area contributed by atoms with Gasteiger partial charge in [-0.2, -0.15) is 0 Å². The Kier molecular flexibility index (Phi) is 6.13. The highest BCUT2D eigenvalue weighted by molar-refractivity contribution is 5.99. The Morgan fingerprint density at radius 3 is 2.39 bits per heavy atom. The average Bonchev–Trinajstić information content (AvgIpc) is 2.45. The van der Waals surface area contributed by atoms with Gasteiger partial charge in [0.2, 0.25) is 0 Å². The first-order chi connectivity index (χ1) is 10.7. The zero-order valence-electron chi connectivity index (χ0n) is 12.5. The van der Waals surface area contributed by atoms with Crippen molar-refractivity contribution in [3.05, 3.63) is 44.0 Å². The summed E-state index contributed by atoms with van der Waals surface area (Å²) in [5, 5.41) is 24.0. The van der Waals surface area contributed by atoms with Crippen LogP contribution in [-0.2, 0) is 9.53 Å². The number of nitrogens with one attached hydrogen (secondary N) is 1. The van der Waals surface area contributed by atoms with Crippen molar-refractivity contribution in [3.63, 3.8) is 0 Å². The van der Waals surface area contributed by atoms with Gasteiger partial charge in [-0.05, 0) is 12.0 Å². The highest BCUT2D eigenvalue weighted by Gasteiger charge is 2.31. The van der Waals surface area contributed by atoms with Crippen LogP contribution in [0.1, 0.15) is 30.6 Å². The van der Waals surface area contributed by atoms with Crippen LogP contribution in [0, 0.1) is 26.1 Å². The van der Waals surface area contributed by atoms with E-state index in [2.05, 4.69) is 5.32 Å². The third-order valence-electron chi connectivity index (χ3n) is 2.68. The third-order valence-corrected chi connectivity index (χ3v) is 2.68. The van der Waals surface area contributed by atoms with E-state index in [9.17, 15) is 29.8 Å². The Morgan fingerprint density at radius 2 is 1.87 bits per heavy atom. The topological polar surface area (TPSA) is 142 Å². The zero-order valence-corrected chi connectivity index (χ0v) is 12.5. The zero-order chi connectivity index (χ0) is 17.6. The first-order valence-electron chi connectivity index (χ1n) is 6.59. The van der Waals surface area contributed by atoms with E-state index >= 15 is 0 Å². The van der Waals surface area contributed by atoms with Crippen molar-refractivity contribution in [2.24, 2.45) is 5.92 Å². The summed E-state index contributed by atoms with van der Waals surface area (Å²) in [4.78, 5) is 43.1. The van der Waals surface area contributed by atoms with Crippen LogP contribution in [0.4, 0.5) is 11.4 Å². The number of rotatable bonds is 7. The quantitative estimate of drug-likeness (QED) is 0.348. The lowest BCUT2D eigenvalue weighted by atomic mass is 10.1. The summed E-state index contributed by atoms with van der Waals surface area (Å²) in [7, 11) is 0. The second-order valence-electron chi connectivity index (χ2n) is 4.95. The number of amides is 1. The Labute approximate surface area is 130 Å². The highest BCUT2D eigenvalue weighted by atomic mass is 16.6. The van der Waals surface area contributed by atoms with Crippen molar-refractivity contribution in [1.82, 2.24) is 5.32 Å². The average molecular weight is 325 g/mol. The first-order valence-corrected chi connectivity index (χ1v) is 6.59. The Bertz CT molecular complexity index is 642. The summed E-state index contributed by atoms with van der Waals surface area (Å²) in [6.45, 7) is 3.14. The van der Waals surface area contributed by atoms with Gasteiger partial charge in [-0.3, -0.25) is 29.8 Å². The molecule has 0 heterocycles. The molecule has 0 saturated carbocycles. The van der Waals surface area contributed by atoms with E-state index in [4.69, 9.17) is 4.74 Å². The standard InChI is InChI=1S/C13H15N3O7/c1-8(2)6-11(17)23-7-14-13(18)9-4-3-5-10(15(19)20)12(9)16(21)22/h3-5,8H,6-7H2,1-2H3,(H,14,18). The number of ether oxygens (including phenoxy) is 1. The van der Waals surface area contributed by atoms with Crippen molar-refractivity contribution in [3.8, 4) is 0 Å². The molecule has 0 aliphatic heterocycles. The highest BCUT2D eigenvalue weighted by Crippen LogP contribution is 2.30. The summed E-state index contributed by atoms with van der Waals surface area (Å²) in [6, 6.07) is 3.17. The molecule has 10 heteroatoms. The molecule has 0 fully saturated rings. The Balaban J connectivity index is 2.84. The summed E-state index contributed by atoms with van der Waals surface area (Å²) in [5.74, 6) is -1.40. The van der Waals surface area contributed by atoms with Crippen LogP contribution in [-0.4, -0.2) is 28.5 Å². The predicted octanol–water partition coefficient (Wildman–Crippen LogP) is 1.78. The number of nitrogens with zero attached hydrogens (tertiary/aromatic N) is 2. The number of nitro benzene ring substituents is 2. The van der Waals surface area contributed by atoms with Crippen LogP contribution in [0.3, 0.4) is 0 Å². The van der Waals surface area contributed by atoms with E-state index in [1.807, 2.05) is 13.8 Å². The van der Waals surface area contributed by atoms with Gasteiger partial charge in [-0.15, -0.1) is 0 Å². The molecule has 124 valence electrons. The van der Waals surface area contributed by atoms with Gasteiger partial charge in [-0.1, -0.05) is 19.9 Å². The van der Waals surface area contributed by atoms with E-state index in [1.54, 1.807) is 0 Å². The number of esters is 1. The van der Waals surface area contributed by atoms with Crippen LogP contribution in [0.25, 0.3) is 0 Å². The van der Waals surface area contributed by atoms with Crippen LogP contribution >= 0.6 is 0 Å². The molecule has 0 spiro atoms. The fourth-order valence-electron chi connectivity index (χ4n) is 1.72. The minimum Gasteiger partial charge on any atom is -0.444 e. The molecule has 0 aliphatic rings. The summed E-state index contributed by atoms with van der Waals surface area (Å²) in [6.07, 6.45) is 0.160. The maximum Gasteiger partial charge on any atom is 0.358 e. The third kappa shape index (κ3) is 5.02. The number of benzene rings is 1. The molecule has 23 heavy (non-hydrogen) atoms. The monoisotopic (exact) mass is 325 g/mol. The minimum atomic E-state index is -1.00. The van der Waals surface area contributed by atoms with Gasteiger partial charge in [0, 0.05) is 12.5 Å². The fraction of sp³-hybridized carbons (Fsp3) is 0.385. The molecule has 0 aliphatic carbocycles. The minimum absolute atomic E-state index is 0.0797. The van der Waals surface area contributed by atoms with Gasteiger partial charge in [0.05, 0.1) is 9.85 Å². The number of carbonyl (C=O) groups excluding carboxylic acids is 2. The summed E-state index contributed by atoms with van der Waals surface area (Å²) < 4.78 is 4.75. The molecule has 0 unspecified atom stereocenters. The van der Waals surface area contributed by atoms with Crippen molar-refractivity contribution in [1.29, 1.82) is 0 Å². The molecular weight excluding hydrogens is 310 g/mol. The van der Waals surface area contributed by atoms with Crippen LogP contribution in [0.15, 0.2) is 18.2 Å². The lowest BCUT2D eigenvalue weighted by Crippen LogP contribution is -2.28. The first kappa shape index (κ1) is 18.0. The van der Waals surface area contributed by atoms with Crippen molar-refractivity contribution < 1.29 is 24.2 Å². The van der Waals surface area contributed by atoms with Crippen LogP contribution in [0.5, 0.6) is 0 Å². The molecule has 1 aromatic rings. The van der Waals surface area contributed by atoms with Crippen molar-refractivity contribution in [2.75, 3.05) is 6.73 Å². The number of hydrogen-bond acceptors (Lipinski definition) is 7. The van der Waals surface area contributed by atoms with E-state index in [-0.39, 0.29) is 12.3 Å². The number of nitro groups is 2. The molecule has 0 saturated heterocycles. The lowest BCUT2D eigenvalue weighted by molar-refractivity contribution is -0.422. The lowest BCUT2D eigenvalue weighted by Gasteiger charge is -2.08. The van der Waals surface area contributed by atoms with E-state index in [0.29, 0.717) is 0 Å². The number of carbonyl (C=O) groups is 2. The van der Waals surface area contributed by atoms with Gasteiger partial charge in [0.25, 0.3) is 5.91 Å². The van der Waals surface area contributed by atoms with Gasteiger partial charge < -0.3 is 10.1 Å². The number of hydrogen-bond donors (Lipinski definition) is 1. The normalized spacial score (nSPS) is 10.2. The predicted molar refractivity (Wildman–Crippen MR) is 77.6 cm³/mol. The molecule has 0 atom stereocenters. The van der Waals surface area contributed by atoms with Gasteiger partial charge in [-0.25, -0.2) is 0 Å². The van der Waals surface area contributed by atoms with Gasteiger partial charge in [0.1, 0.15) is 5.56 Å². The summed E-state index contributed by atoms with van der Waals surface area (Å²) in [5.41, 5.74) is -2.19. The molecule has 1 amide bonds. The molecule has 1 aromatic carbocycles. The van der Waals surface area contributed by atoms with Crippen molar-refractivity contribution in [2.45, 2.75) is 20.3 Å². The van der Waals surface area contributed by atoms with Crippen LogP contribution in [0.2, 0.25) is 0 Å². The molecule has 10 nitrogen and oxygen atoms in total. The number of para-hydroxylation sites is 1. The maximum atomic E-state index is 11.9. The molecule has 0 bridgehead atoms. The second kappa shape index (κ2) is 7.82.